The van der Waals surface area contributed by atoms with Gasteiger partial charge in [-0.1, -0.05) is 24.3 Å². The van der Waals surface area contributed by atoms with Gasteiger partial charge in [0.25, 0.3) is 0 Å². The van der Waals surface area contributed by atoms with Crippen LogP contribution >= 0.6 is 12.2 Å². The highest BCUT2D eigenvalue weighted by Gasteiger charge is 2.12. The predicted molar refractivity (Wildman–Crippen MR) is 83.5 cm³/mol. The van der Waals surface area contributed by atoms with E-state index < -0.39 is 0 Å². The number of hydrogen-bond acceptors (Lipinski definition) is 2. The number of nitrogens with one attached hydrogen (secondary N) is 2. The molecule has 0 amide bonds. The maximum absolute atomic E-state index is 5.25. The number of aromatic nitrogens is 4. The second-order valence-electron chi connectivity index (χ2n) is 4.80. The van der Waals surface area contributed by atoms with Crippen molar-refractivity contribution in [1.82, 2.24) is 19.7 Å². The van der Waals surface area contributed by atoms with Gasteiger partial charge in [0.1, 0.15) is 5.82 Å². The highest BCUT2D eigenvalue weighted by Crippen LogP contribution is 2.24. The molecule has 0 unspecified atom stereocenters. The number of rotatable bonds is 4. The van der Waals surface area contributed by atoms with E-state index in [9.17, 15) is 0 Å². The first kappa shape index (κ1) is 12.9. The summed E-state index contributed by atoms with van der Waals surface area (Å²) < 4.78 is 2.61. The van der Waals surface area contributed by atoms with Crippen LogP contribution in [0.4, 0.5) is 0 Å². The Morgan fingerprint density at radius 2 is 2.20 bits per heavy atom. The van der Waals surface area contributed by atoms with Crippen LogP contribution in [0.1, 0.15) is 17.1 Å². The lowest BCUT2D eigenvalue weighted by Gasteiger charge is -2.04. The molecule has 5 heteroatoms. The summed E-state index contributed by atoms with van der Waals surface area (Å²) in [5.41, 5.74) is 3.59. The lowest BCUT2D eigenvalue weighted by Crippen LogP contribution is -2.04. The number of para-hydroxylation sites is 1. The molecule has 0 radical (unpaired) electrons. The second-order valence-corrected chi connectivity index (χ2v) is 5.18. The predicted octanol–water partition coefficient (Wildman–Crippen LogP) is 3.51. The van der Waals surface area contributed by atoms with Crippen molar-refractivity contribution < 1.29 is 0 Å². The fraction of sp³-hybridized carbons (Fsp3) is 0.200. The average molecular weight is 284 g/mol. The van der Waals surface area contributed by atoms with Crippen LogP contribution in [0.2, 0.25) is 0 Å². The molecule has 0 saturated carbocycles. The first-order valence-electron chi connectivity index (χ1n) is 6.52. The molecule has 0 aliphatic carbocycles. The molecule has 4 nitrogen and oxygen atoms in total. The van der Waals surface area contributed by atoms with Gasteiger partial charge < -0.3 is 4.98 Å². The summed E-state index contributed by atoms with van der Waals surface area (Å²) in [6.07, 6.45) is 2.58. The fourth-order valence-electron chi connectivity index (χ4n) is 2.52. The third-order valence-electron chi connectivity index (χ3n) is 3.51. The molecule has 0 spiro atoms. The normalized spacial score (nSPS) is 11.1. The number of aromatic amines is 2. The molecule has 0 fully saturated rings. The molecule has 20 heavy (non-hydrogen) atoms. The largest absolute Gasteiger partial charge is 0.358 e. The molecule has 0 atom stereocenters. The van der Waals surface area contributed by atoms with Gasteiger partial charge in [0, 0.05) is 29.6 Å². The van der Waals surface area contributed by atoms with Gasteiger partial charge in [0.05, 0.1) is 0 Å². The molecule has 102 valence electrons. The lowest BCUT2D eigenvalue weighted by atomic mass is 10.1. The van der Waals surface area contributed by atoms with E-state index in [1.807, 2.05) is 16.7 Å². The fourth-order valence-corrected chi connectivity index (χ4v) is 2.75. The van der Waals surface area contributed by atoms with E-state index in [0.29, 0.717) is 11.3 Å². The zero-order chi connectivity index (χ0) is 14.1. The average Bonchev–Trinajstić information content (AvgIpc) is 2.94. The maximum Gasteiger partial charge on any atom is 0.195 e. The summed E-state index contributed by atoms with van der Waals surface area (Å²) >= 11 is 5.25. The Bertz CT molecular complexity index is 822. The van der Waals surface area contributed by atoms with E-state index >= 15 is 0 Å². The van der Waals surface area contributed by atoms with E-state index in [1.165, 1.54) is 16.6 Å². The van der Waals surface area contributed by atoms with E-state index in [2.05, 4.69) is 46.9 Å². The Hall–Kier alpha value is -2.14. The number of benzene rings is 1. The van der Waals surface area contributed by atoms with Crippen LogP contribution in [0, 0.1) is 11.7 Å². The van der Waals surface area contributed by atoms with Gasteiger partial charge in [0.2, 0.25) is 0 Å². The van der Waals surface area contributed by atoms with E-state index in [0.717, 1.165) is 17.8 Å². The van der Waals surface area contributed by atoms with Crippen LogP contribution < -0.4 is 0 Å². The van der Waals surface area contributed by atoms with Crippen LogP contribution in [0.25, 0.3) is 10.9 Å². The van der Waals surface area contributed by atoms with Crippen molar-refractivity contribution >= 4 is 23.1 Å². The first-order chi connectivity index (χ1) is 9.70. The minimum absolute atomic E-state index is 0.636. The SMILES string of the molecule is C=CCn1c(Cc2c(C)[nH]c3ccccc23)n[nH]c1=S. The minimum Gasteiger partial charge on any atom is -0.358 e. The standard InChI is InChI=1S/C15H16N4S/c1-3-8-19-14(17-18-15(19)20)9-12-10(2)16-13-7-5-4-6-11(12)13/h3-7,16H,1,8-9H2,2H3,(H,18,20). The summed E-state index contributed by atoms with van der Waals surface area (Å²) in [6.45, 7) is 6.53. The summed E-state index contributed by atoms with van der Waals surface area (Å²) in [5.74, 6) is 0.933. The molecule has 0 aliphatic rings. The van der Waals surface area contributed by atoms with Crippen molar-refractivity contribution in [2.75, 3.05) is 0 Å². The molecule has 0 bridgehead atoms. The molecule has 0 saturated heterocycles. The van der Waals surface area contributed by atoms with Crippen molar-refractivity contribution in [3.05, 3.63) is 58.8 Å². The van der Waals surface area contributed by atoms with Crippen molar-refractivity contribution in [3.63, 3.8) is 0 Å². The van der Waals surface area contributed by atoms with Gasteiger partial charge in [-0.15, -0.1) is 6.58 Å². The van der Waals surface area contributed by atoms with E-state index in [-0.39, 0.29) is 0 Å². The van der Waals surface area contributed by atoms with Crippen molar-refractivity contribution in [2.45, 2.75) is 19.9 Å². The molecule has 1 aromatic carbocycles. The molecular weight excluding hydrogens is 268 g/mol. The number of allylic oxidation sites excluding steroid dienone is 1. The van der Waals surface area contributed by atoms with Gasteiger partial charge in [-0.25, -0.2) is 0 Å². The smallest absolute Gasteiger partial charge is 0.195 e. The number of hydrogen-bond donors (Lipinski definition) is 2. The molecule has 0 aliphatic heterocycles. The number of H-pyrrole nitrogens is 2. The Kier molecular flexibility index (Phi) is 3.28. The van der Waals surface area contributed by atoms with E-state index in [4.69, 9.17) is 12.2 Å². The third kappa shape index (κ3) is 2.10. The van der Waals surface area contributed by atoms with Crippen LogP contribution in [0.5, 0.6) is 0 Å². The van der Waals surface area contributed by atoms with Crippen molar-refractivity contribution in [3.8, 4) is 0 Å². The summed E-state index contributed by atoms with van der Waals surface area (Å²) in [7, 11) is 0. The van der Waals surface area contributed by atoms with Crippen molar-refractivity contribution in [2.24, 2.45) is 0 Å². The van der Waals surface area contributed by atoms with Crippen LogP contribution in [-0.2, 0) is 13.0 Å². The summed E-state index contributed by atoms with van der Waals surface area (Å²) in [6, 6.07) is 8.32. The van der Waals surface area contributed by atoms with Gasteiger partial charge in [-0.3, -0.25) is 9.67 Å². The Labute approximate surface area is 122 Å². The molecule has 2 aromatic heterocycles. The number of aryl methyl sites for hydroxylation is 1. The number of nitrogens with zero attached hydrogens (tertiary/aromatic N) is 2. The van der Waals surface area contributed by atoms with Crippen LogP contribution in [0.3, 0.4) is 0 Å². The third-order valence-corrected chi connectivity index (χ3v) is 3.82. The molecule has 3 aromatic rings. The van der Waals surface area contributed by atoms with Gasteiger partial charge in [0.15, 0.2) is 4.77 Å². The van der Waals surface area contributed by atoms with Gasteiger partial charge in [-0.2, -0.15) is 5.10 Å². The molecule has 2 heterocycles. The highest BCUT2D eigenvalue weighted by atomic mass is 32.1. The minimum atomic E-state index is 0.636. The zero-order valence-corrected chi connectivity index (χ0v) is 12.1. The zero-order valence-electron chi connectivity index (χ0n) is 11.3. The maximum atomic E-state index is 5.25. The topological polar surface area (TPSA) is 49.4 Å². The molecule has 3 rings (SSSR count). The monoisotopic (exact) mass is 284 g/mol. The summed E-state index contributed by atoms with van der Waals surface area (Å²) in [4.78, 5) is 3.41. The summed E-state index contributed by atoms with van der Waals surface area (Å²) in [5, 5.41) is 8.44. The second kappa shape index (κ2) is 5.09. The lowest BCUT2D eigenvalue weighted by molar-refractivity contribution is 0.749. The van der Waals surface area contributed by atoms with Crippen LogP contribution in [0.15, 0.2) is 36.9 Å². The van der Waals surface area contributed by atoms with Gasteiger partial charge in [-0.05, 0) is 30.8 Å². The Morgan fingerprint density at radius 1 is 1.40 bits per heavy atom. The van der Waals surface area contributed by atoms with Crippen molar-refractivity contribution in [1.29, 1.82) is 0 Å². The quantitative estimate of drug-likeness (QED) is 0.569. The first-order valence-corrected chi connectivity index (χ1v) is 6.92. The van der Waals surface area contributed by atoms with E-state index in [1.54, 1.807) is 0 Å². The Balaban J connectivity index is 2.08. The molecule has 2 N–H and O–H groups in total. The number of fused-ring (bicyclic) bond motifs is 1. The van der Waals surface area contributed by atoms with Gasteiger partial charge >= 0.3 is 0 Å². The Morgan fingerprint density at radius 3 is 3.00 bits per heavy atom. The van der Waals surface area contributed by atoms with Crippen LogP contribution in [-0.4, -0.2) is 19.7 Å². The highest BCUT2D eigenvalue weighted by molar-refractivity contribution is 7.71. The molecular formula is C15H16N4S.